The molecule has 8 heteroatoms. The van der Waals surface area contributed by atoms with Crippen molar-refractivity contribution in [3.05, 3.63) is 34.9 Å². The van der Waals surface area contributed by atoms with Crippen LogP contribution in [0.4, 0.5) is 0 Å². The summed E-state index contributed by atoms with van der Waals surface area (Å²) in [5.41, 5.74) is 6.23. The molecule has 1 unspecified atom stereocenters. The Bertz CT molecular complexity index is 767. The van der Waals surface area contributed by atoms with Crippen molar-refractivity contribution in [3.8, 4) is 0 Å². The van der Waals surface area contributed by atoms with Gasteiger partial charge in [0.15, 0.2) is 5.65 Å². The van der Waals surface area contributed by atoms with E-state index in [1.807, 2.05) is 6.07 Å². The van der Waals surface area contributed by atoms with Crippen molar-refractivity contribution in [2.24, 2.45) is 11.1 Å². The van der Waals surface area contributed by atoms with Crippen LogP contribution in [-0.4, -0.2) is 44.1 Å². The number of hydrogen-bond acceptors (Lipinski definition) is 4. The molecule has 0 saturated carbocycles. The second-order valence-electron chi connectivity index (χ2n) is 6.57. The number of hydrogen-bond donors (Lipinski definition) is 1. The third-order valence-corrected chi connectivity index (χ3v) is 4.44. The van der Waals surface area contributed by atoms with Gasteiger partial charge in [-0.3, -0.25) is 9.20 Å². The zero-order valence-corrected chi connectivity index (χ0v) is 14.1. The van der Waals surface area contributed by atoms with E-state index in [0.29, 0.717) is 18.7 Å². The van der Waals surface area contributed by atoms with Crippen molar-refractivity contribution < 1.29 is 4.79 Å². The summed E-state index contributed by atoms with van der Waals surface area (Å²) in [7, 11) is 0. The molecule has 126 valence electrons. The Labute approximate surface area is 140 Å². The number of aromatic nitrogens is 3. The first-order valence-electron chi connectivity index (χ1n) is 7.46. The molecule has 2 aromatic rings. The van der Waals surface area contributed by atoms with E-state index in [1.54, 1.807) is 23.2 Å². The van der Waals surface area contributed by atoms with Crippen LogP contribution in [0, 0.1) is 5.41 Å². The molecule has 23 heavy (non-hydrogen) atoms. The molecule has 7 nitrogen and oxygen atoms in total. The van der Waals surface area contributed by atoms with Crippen molar-refractivity contribution in [1.29, 1.82) is 0 Å². The van der Waals surface area contributed by atoms with Gasteiger partial charge in [0.1, 0.15) is 6.54 Å². The number of piperidine rings is 1. The Balaban J connectivity index is 0.00000192. The summed E-state index contributed by atoms with van der Waals surface area (Å²) in [6.45, 7) is 5.33. The van der Waals surface area contributed by atoms with Crippen LogP contribution >= 0.6 is 12.4 Å². The van der Waals surface area contributed by atoms with Crippen molar-refractivity contribution in [2.45, 2.75) is 32.9 Å². The molecule has 0 aromatic carbocycles. The van der Waals surface area contributed by atoms with Gasteiger partial charge in [0, 0.05) is 25.3 Å². The van der Waals surface area contributed by atoms with Gasteiger partial charge in [-0.05, 0) is 24.0 Å². The van der Waals surface area contributed by atoms with Gasteiger partial charge in [0.05, 0.1) is 0 Å². The Morgan fingerprint density at radius 1 is 1.43 bits per heavy atom. The van der Waals surface area contributed by atoms with Crippen LogP contribution in [0.25, 0.3) is 5.65 Å². The molecule has 2 N–H and O–H groups in total. The van der Waals surface area contributed by atoms with Gasteiger partial charge < -0.3 is 10.6 Å². The molecule has 1 amide bonds. The van der Waals surface area contributed by atoms with Gasteiger partial charge in [-0.15, -0.1) is 17.5 Å². The van der Waals surface area contributed by atoms with Gasteiger partial charge in [-0.2, -0.15) is 0 Å². The Hall–Kier alpha value is -1.86. The predicted octanol–water partition coefficient (Wildman–Crippen LogP) is 0.504. The Kier molecular flexibility index (Phi) is 4.81. The van der Waals surface area contributed by atoms with E-state index >= 15 is 0 Å². The standard InChI is InChI=1S/C15H21N5O2.ClH/c1-15(2)10-18(8-6-11(15)16)13(21)9-20-14(22)19-7-4-3-5-12(19)17-20;/h3-5,7,11H,6,8-10,16H2,1-2H3;1H. The lowest BCUT2D eigenvalue weighted by Gasteiger charge is -2.42. The van der Waals surface area contributed by atoms with Crippen LogP contribution in [0.2, 0.25) is 0 Å². The first-order valence-corrected chi connectivity index (χ1v) is 7.46. The highest BCUT2D eigenvalue weighted by Gasteiger charge is 2.35. The number of nitrogens with zero attached hydrogens (tertiary/aromatic N) is 4. The molecule has 1 fully saturated rings. The molecule has 0 bridgehead atoms. The molecule has 1 aliphatic heterocycles. The van der Waals surface area contributed by atoms with Gasteiger partial charge in [-0.1, -0.05) is 19.9 Å². The largest absolute Gasteiger partial charge is 0.350 e. The molecule has 2 aromatic heterocycles. The number of likely N-dealkylation sites (tertiary alicyclic amines) is 1. The SMILES string of the molecule is CC1(C)CN(C(=O)Cn2nc3ccccn3c2=O)CCC1N.Cl. The quantitative estimate of drug-likeness (QED) is 0.863. The van der Waals surface area contributed by atoms with Crippen molar-refractivity contribution >= 4 is 24.0 Å². The zero-order valence-electron chi connectivity index (χ0n) is 13.3. The summed E-state index contributed by atoms with van der Waals surface area (Å²) >= 11 is 0. The fourth-order valence-corrected chi connectivity index (χ4v) is 2.89. The van der Waals surface area contributed by atoms with Gasteiger partial charge in [0.25, 0.3) is 0 Å². The number of amides is 1. The van der Waals surface area contributed by atoms with Crippen molar-refractivity contribution in [3.63, 3.8) is 0 Å². The van der Waals surface area contributed by atoms with Crippen LogP contribution in [0.5, 0.6) is 0 Å². The van der Waals surface area contributed by atoms with E-state index < -0.39 is 0 Å². The second-order valence-corrected chi connectivity index (χ2v) is 6.57. The lowest BCUT2D eigenvalue weighted by molar-refractivity contribution is -0.135. The summed E-state index contributed by atoms with van der Waals surface area (Å²) in [4.78, 5) is 26.4. The lowest BCUT2D eigenvalue weighted by atomic mass is 9.80. The number of pyridine rings is 1. The maximum atomic E-state index is 12.5. The monoisotopic (exact) mass is 339 g/mol. The molecule has 1 aliphatic rings. The van der Waals surface area contributed by atoms with E-state index in [2.05, 4.69) is 18.9 Å². The van der Waals surface area contributed by atoms with Crippen LogP contribution < -0.4 is 11.4 Å². The molecular weight excluding hydrogens is 318 g/mol. The Morgan fingerprint density at radius 2 is 2.17 bits per heavy atom. The average molecular weight is 340 g/mol. The minimum atomic E-state index is -0.295. The van der Waals surface area contributed by atoms with E-state index in [1.165, 1.54) is 9.08 Å². The molecule has 3 heterocycles. The first kappa shape index (κ1) is 17.5. The first-order chi connectivity index (χ1) is 10.4. The summed E-state index contributed by atoms with van der Waals surface area (Å²) < 4.78 is 2.66. The van der Waals surface area contributed by atoms with E-state index in [4.69, 9.17) is 5.73 Å². The van der Waals surface area contributed by atoms with E-state index in [9.17, 15) is 9.59 Å². The predicted molar refractivity (Wildman–Crippen MR) is 89.7 cm³/mol. The molecule has 1 atom stereocenters. The van der Waals surface area contributed by atoms with Crippen LogP contribution in [0.15, 0.2) is 29.2 Å². The minimum absolute atomic E-state index is 0. The number of carbonyl (C=O) groups excluding carboxylic acids is 1. The third kappa shape index (κ3) is 3.25. The summed E-state index contributed by atoms with van der Waals surface area (Å²) in [5.74, 6) is -0.0921. The van der Waals surface area contributed by atoms with Crippen molar-refractivity contribution in [2.75, 3.05) is 13.1 Å². The number of fused-ring (bicyclic) bond motifs is 1. The Morgan fingerprint density at radius 3 is 2.83 bits per heavy atom. The lowest BCUT2D eigenvalue weighted by Crippen LogP contribution is -2.54. The van der Waals surface area contributed by atoms with Crippen LogP contribution in [-0.2, 0) is 11.3 Å². The summed E-state index contributed by atoms with van der Waals surface area (Å²) in [6.07, 6.45) is 2.42. The van der Waals surface area contributed by atoms with Crippen molar-refractivity contribution in [1.82, 2.24) is 19.1 Å². The molecule has 3 rings (SSSR count). The van der Waals surface area contributed by atoms with Crippen LogP contribution in [0.1, 0.15) is 20.3 Å². The van der Waals surface area contributed by atoms with E-state index in [0.717, 1.165) is 6.42 Å². The highest BCUT2D eigenvalue weighted by atomic mass is 35.5. The number of nitrogens with two attached hydrogens (primary N) is 1. The molecule has 1 saturated heterocycles. The fraction of sp³-hybridized carbons (Fsp3) is 0.533. The normalized spacial score (nSPS) is 20.3. The maximum Gasteiger partial charge on any atom is 0.350 e. The zero-order chi connectivity index (χ0) is 15.9. The summed E-state index contributed by atoms with van der Waals surface area (Å²) in [6, 6.07) is 5.40. The second kappa shape index (κ2) is 6.33. The summed E-state index contributed by atoms with van der Waals surface area (Å²) in [5, 5.41) is 4.19. The highest BCUT2D eigenvalue weighted by molar-refractivity contribution is 5.85. The molecule has 0 aliphatic carbocycles. The average Bonchev–Trinajstić information content (AvgIpc) is 2.79. The van der Waals surface area contributed by atoms with Gasteiger partial charge in [0.2, 0.25) is 5.91 Å². The number of rotatable bonds is 2. The fourth-order valence-electron chi connectivity index (χ4n) is 2.89. The maximum absolute atomic E-state index is 12.5. The van der Waals surface area contributed by atoms with Crippen LogP contribution in [0.3, 0.4) is 0 Å². The molecular formula is C15H22ClN5O2. The third-order valence-electron chi connectivity index (χ3n) is 4.44. The topological polar surface area (TPSA) is 85.6 Å². The highest BCUT2D eigenvalue weighted by Crippen LogP contribution is 2.27. The number of halogens is 1. The van der Waals surface area contributed by atoms with E-state index in [-0.39, 0.29) is 42.0 Å². The van der Waals surface area contributed by atoms with Gasteiger partial charge in [-0.25, -0.2) is 9.48 Å². The molecule has 0 spiro atoms. The molecule has 0 radical (unpaired) electrons. The van der Waals surface area contributed by atoms with Gasteiger partial charge >= 0.3 is 5.69 Å². The number of carbonyl (C=O) groups is 1. The smallest absolute Gasteiger partial charge is 0.340 e. The minimum Gasteiger partial charge on any atom is -0.340 e.